The van der Waals surface area contributed by atoms with E-state index < -0.39 is 0 Å². The van der Waals surface area contributed by atoms with E-state index in [1.165, 1.54) is 0 Å². The highest BCUT2D eigenvalue weighted by atomic mass is 35.5. The molecule has 4 nitrogen and oxygen atoms in total. The van der Waals surface area contributed by atoms with Crippen molar-refractivity contribution in [1.29, 1.82) is 0 Å². The predicted octanol–water partition coefficient (Wildman–Crippen LogP) is 2.37. The Labute approximate surface area is 118 Å². The highest BCUT2D eigenvalue weighted by molar-refractivity contribution is 6.17. The van der Waals surface area contributed by atoms with Crippen LogP contribution in [0.4, 0.5) is 0 Å². The van der Waals surface area contributed by atoms with E-state index in [9.17, 15) is 0 Å². The smallest absolute Gasteiger partial charge is 0.184 e. The van der Waals surface area contributed by atoms with E-state index in [-0.39, 0.29) is 12.4 Å². The standard InChI is InChI=1S/C14H19ClO4/c15-6-7-16-8-9-17-13-10-18-14(19-11-13)12-4-2-1-3-5-12/h1-5,13-14H,6-11H2. The molecule has 0 aliphatic carbocycles. The monoisotopic (exact) mass is 286 g/mol. The molecule has 0 saturated carbocycles. The van der Waals surface area contributed by atoms with Crippen LogP contribution in [0.5, 0.6) is 0 Å². The molecule has 0 atom stereocenters. The summed E-state index contributed by atoms with van der Waals surface area (Å²) in [6, 6.07) is 9.90. The van der Waals surface area contributed by atoms with Crippen molar-refractivity contribution < 1.29 is 18.9 Å². The highest BCUT2D eigenvalue weighted by Gasteiger charge is 2.23. The third kappa shape index (κ3) is 5.09. The van der Waals surface area contributed by atoms with Crippen LogP contribution in [0.2, 0.25) is 0 Å². The summed E-state index contributed by atoms with van der Waals surface area (Å²) in [5, 5.41) is 0. The summed E-state index contributed by atoms with van der Waals surface area (Å²) in [7, 11) is 0. The molecule has 0 spiro atoms. The molecule has 1 heterocycles. The second-order valence-corrected chi connectivity index (χ2v) is 4.58. The zero-order valence-electron chi connectivity index (χ0n) is 10.8. The lowest BCUT2D eigenvalue weighted by atomic mass is 10.2. The van der Waals surface area contributed by atoms with E-state index in [0.717, 1.165) is 5.56 Å². The molecule has 2 rings (SSSR count). The molecule has 0 amide bonds. The Morgan fingerprint density at radius 2 is 1.79 bits per heavy atom. The first-order chi connectivity index (χ1) is 9.40. The van der Waals surface area contributed by atoms with Crippen LogP contribution in [0.3, 0.4) is 0 Å². The maximum atomic E-state index is 5.65. The van der Waals surface area contributed by atoms with Crippen molar-refractivity contribution in [1.82, 2.24) is 0 Å². The average Bonchev–Trinajstić information content (AvgIpc) is 2.49. The van der Waals surface area contributed by atoms with Gasteiger partial charge in [-0.3, -0.25) is 0 Å². The van der Waals surface area contributed by atoms with Gasteiger partial charge >= 0.3 is 0 Å². The maximum Gasteiger partial charge on any atom is 0.184 e. The Kier molecular flexibility index (Phi) is 6.61. The van der Waals surface area contributed by atoms with Gasteiger partial charge in [0.2, 0.25) is 0 Å². The topological polar surface area (TPSA) is 36.9 Å². The van der Waals surface area contributed by atoms with Gasteiger partial charge in [-0.2, -0.15) is 0 Å². The number of benzene rings is 1. The quantitative estimate of drug-likeness (QED) is 0.570. The molecule has 106 valence electrons. The number of alkyl halides is 1. The number of hydrogen-bond donors (Lipinski definition) is 0. The summed E-state index contributed by atoms with van der Waals surface area (Å²) >= 11 is 5.50. The molecular weight excluding hydrogens is 268 g/mol. The van der Waals surface area contributed by atoms with Crippen LogP contribution in [0.1, 0.15) is 11.9 Å². The van der Waals surface area contributed by atoms with Crippen LogP contribution in [0, 0.1) is 0 Å². The van der Waals surface area contributed by atoms with E-state index in [0.29, 0.717) is 38.9 Å². The van der Waals surface area contributed by atoms with Gasteiger partial charge in [0.15, 0.2) is 6.29 Å². The summed E-state index contributed by atoms with van der Waals surface area (Å²) in [5.74, 6) is 0.508. The van der Waals surface area contributed by atoms with E-state index in [2.05, 4.69) is 0 Å². The van der Waals surface area contributed by atoms with Crippen LogP contribution in [-0.2, 0) is 18.9 Å². The average molecular weight is 287 g/mol. The Hall–Kier alpha value is -0.650. The molecule has 1 aliphatic heterocycles. The molecule has 0 radical (unpaired) electrons. The van der Waals surface area contributed by atoms with Crippen LogP contribution in [-0.4, -0.2) is 45.0 Å². The van der Waals surface area contributed by atoms with Crippen LogP contribution >= 0.6 is 11.6 Å². The molecular formula is C14H19ClO4. The second kappa shape index (κ2) is 8.51. The number of halogens is 1. The SMILES string of the molecule is ClCCOCCOC1COC(c2ccccc2)OC1. The van der Waals surface area contributed by atoms with Gasteiger partial charge in [-0.1, -0.05) is 30.3 Å². The van der Waals surface area contributed by atoms with Gasteiger partial charge < -0.3 is 18.9 Å². The fraction of sp³-hybridized carbons (Fsp3) is 0.571. The first kappa shape index (κ1) is 14.8. The number of ether oxygens (including phenoxy) is 4. The van der Waals surface area contributed by atoms with Gasteiger partial charge in [-0.15, -0.1) is 11.6 Å². The van der Waals surface area contributed by atoms with E-state index in [1.807, 2.05) is 30.3 Å². The first-order valence-corrected chi connectivity index (χ1v) is 6.97. The molecule has 0 unspecified atom stereocenters. The fourth-order valence-corrected chi connectivity index (χ4v) is 1.92. The lowest BCUT2D eigenvalue weighted by Gasteiger charge is -2.29. The minimum Gasteiger partial charge on any atom is -0.378 e. The Morgan fingerprint density at radius 1 is 1.05 bits per heavy atom. The molecule has 1 aromatic rings. The van der Waals surface area contributed by atoms with Gasteiger partial charge in [0.25, 0.3) is 0 Å². The molecule has 5 heteroatoms. The lowest BCUT2D eigenvalue weighted by molar-refractivity contribution is -0.231. The van der Waals surface area contributed by atoms with Crippen molar-refractivity contribution in [2.75, 3.05) is 38.9 Å². The molecule has 1 aromatic carbocycles. The summed E-state index contributed by atoms with van der Waals surface area (Å²) in [6.07, 6.45) is -0.312. The zero-order valence-corrected chi connectivity index (χ0v) is 11.6. The molecule has 0 bridgehead atoms. The van der Waals surface area contributed by atoms with E-state index >= 15 is 0 Å². The van der Waals surface area contributed by atoms with Crippen molar-refractivity contribution in [3.63, 3.8) is 0 Å². The molecule has 1 aliphatic rings. The minimum absolute atomic E-state index is 0.0282. The van der Waals surface area contributed by atoms with Crippen molar-refractivity contribution in [2.45, 2.75) is 12.4 Å². The summed E-state index contributed by atoms with van der Waals surface area (Å²) < 4.78 is 22.1. The van der Waals surface area contributed by atoms with Gasteiger partial charge in [-0.05, 0) is 0 Å². The first-order valence-electron chi connectivity index (χ1n) is 6.43. The number of hydrogen-bond acceptors (Lipinski definition) is 4. The van der Waals surface area contributed by atoms with Crippen molar-refractivity contribution in [2.24, 2.45) is 0 Å². The van der Waals surface area contributed by atoms with Crippen LogP contribution in [0.25, 0.3) is 0 Å². The Bertz CT molecular complexity index is 339. The van der Waals surface area contributed by atoms with Gasteiger partial charge in [-0.25, -0.2) is 0 Å². The van der Waals surface area contributed by atoms with E-state index in [1.54, 1.807) is 0 Å². The molecule has 19 heavy (non-hydrogen) atoms. The summed E-state index contributed by atoms with van der Waals surface area (Å²) in [6.45, 7) is 2.71. The third-order valence-corrected chi connectivity index (χ3v) is 2.90. The highest BCUT2D eigenvalue weighted by Crippen LogP contribution is 2.23. The van der Waals surface area contributed by atoms with E-state index in [4.69, 9.17) is 30.5 Å². The lowest BCUT2D eigenvalue weighted by Crippen LogP contribution is -2.34. The third-order valence-electron chi connectivity index (χ3n) is 2.74. The maximum absolute atomic E-state index is 5.65. The summed E-state index contributed by atoms with van der Waals surface area (Å²) in [4.78, 5) is 0. The van der Waals surface area contributed by atoms with Crippen molar-refractivity contribution in [3.05, 3.63) is 35.9 Å². The van der Waals surface area contributed by atoms with Gasteiger partial charge in [0, 0.05) is 11.4 Å². The molecule has 1 fully saturated rings. The minimum atomic E-state index is -0.284. The van der Waals surface area contributed by atoms with Gasteiger partial charge in [0.05, 0.1) is 33.0 Å². The normalized spacial score (nSPS) is 23.4. The molecule has 1 saturated heterocycles. The Balaban J connectivity index is 1.63. The van der Waals surface area contributed by atoms with Crippen LogP contribution in [0.15, 0.2) is 30.3 Å². The number of rotatable bonds is 7. The van der Waals surface area contributed by atoms with Crippen molar-refractivity contribution in [3.8, 4) is 0 Å². The fourth-order valence-electron chi connectivity index (χ4n) is 1.81. The van der Waals surface area contributed by atoms with Crippen molar-refractivity contribution >= 4 is 11.6 Å². The predicted molar refractivity (Wildman–Crippen MR) is 72.4 cm³/mol. The van der Waals surface area contributed by atoms with Crippen LogP contribution < -0.4 is 0 Å². The molecule has 0 N–H and O–H groups in total. The van der Waals surface area contributed by atoms with Gasteiger partial charge in [0.1, 0.15) is 6.10 Å². The zero-order chi connectivity index (χ0) is 13.3. The summed E-state index contributed by atoms with van der Waals surface area (Å²) in [5.41, 5.74) is 1.03. The second-order valence-electron chi connectivity index (χ2n) is 4.20. The largest absolute Gasteiger partial charge is 0.378 e. The Morgan fingerprint density at radius 3 is 2.47 bits per heavy atom. The molecule has 0 aromatic heterocycles.